The highest BCUT2D eigenvalue weighted by molar-refractivity contribution is 5.03. The van der Waals surface area contributed by atoms with Gasteiger partial charge in [-0.3, -0.25) is 0 Å². The molecule has 0 radical (unpaired) electrons. The van der Waals surface area contributed by atoms with Crippen LogP contribution in [0.1, 0.15) is 33.1 Å². The van der Waals surface area contributed by atoms with Crippen LogP contribution < -0.4 is 0 Å². The van der Waals surface area contributed by atoms with Gasteiger partial charge in [0.05, 0.1) is 5.60 Å². The van der Waals surface area contributed by atoms with E-state index in [1.807, 2.05) is 13.8 Å². The maximum absolute atomic E-state index is 9.57. The Morgan fingerprint density at radius 1 is 1.70 bits per heavy atom. The van der Waals surface area contributed by atoms with Crippen LogP contribution in [0.4, 0.5) is 0 Å². The number of allylic oxidation sites excluding steroid dienone is 1. The quantitative estimate of drug-likeness (QED) is 0.553. The van der Waals surface area contributed by atoms with E-state index in [1.54, 1.807) is 0 Å². The molecule has 1 saturated carbocycles. The van der Waals surface area contributed by atoms with Gasteiger partial charge < -0.3 is 5.11 Å². The standard InChI is InChI=1S/C9H16O/c1-7(2)8-4-5-9(3,10)6-8/h8,10H,1,4-6H2,2-3H3. The second kappa shape index (κ2) is 2.39. The fourth-order valence-corrected chi connectivity index (χ4v) is 1.64. The second-order valence-corrected chi connectivity index (χ2v) is 3.78. The first kappa shape index (κ1) is 7.80. The van der Waals surface area contributed by atoms with Crippen LogP contribution in [0, 0.1) is 5.92 Å². The van der Waals surface area contributed by atoms with Gasteiger partial charge in [-0.25, -0.2) is 0 Å². The fraction of sp³-hybridized carbons (Fsp3) is 0.778. The maximum Gasteiger partial charge on any atom is 0.0625 e. The molecular formula is C9H16O. The van der Waals surface area contributed by atoms with E-state index in [0.29, 0.717) is 5.92 Å². The van der Waals surface area contributed by atoms with E-state index in [0.717, 1.165) is 19.3 Å². The molecule has 58 valence electrons. The van der Waals surface area contributed by atoms with E-state index < -0.39 is 5.60 Å². The summed E-state index contributed by atoms with van der Waals surface area (Å²) in [5.74, 6) is 0.565. The molecule has 1 N–H and O–H groups in total. The zero-order chi connectivity index (χ0) is 7.78. The van der Waals surface area contributed by atoms with Gasteiger partial charge in [0, 0.05) is 0 Å². The second-order valence-electron chi connectivity index (χ2n) is 3.78. The zero-order valence-corrected chi connectivity index (χ0v) is 6.85. The molecule has 0 bridgehead atoms. The topological polar surface area (TPSA) is 20.2 Å². The van der Waals surface area contributed by atoms with E-state index in [9.17, 15) is 5.11 Å². The third kappa shape index (κ3) is 1.60. The normalized spacial score (nSPS) is 40.1. The zero-order valence-electron chi connectivity index (χ0n) is 6.85. The summed E-state index contributed by atoms with van der Waals surface area (Å²) in [6, 6.07) is 0. The van der Waals surface area contributed by atoms with Crippen molar-refractivity contribution in [3.05, 3.63) is 12.2 Å². The van der Waals surface area contributed by atoms with Gasteiger partial charge in [0.25, 0.3) is 0 Å². The van der Waals surface area contributed by atoms with Crippen LogP contribution >= 0.6 is 0 Å². The number of aliphatic hydroxyl groups is 1. The third-order valence-electron chi connectivity index (χ3n) is 2.41. The molecule has 0 saturated heterocycles. The van der Waals surface area contributed by atoms with Gasteiger partial charge in [-0.05, 0) is 39.0 Å². The third-order valence-corrected chi connectivity index (χ3v) is 2.41. The molecule has 0 aromatic carbocycles. The lowest BCUT2D eigenvalue weighted by molar-refractivity contribution is 0.0651. The summed E-state index contributed by atoms with van der Waals surface area (Å²) in [6.45, 7) is 7.85. The van der Waals surface area contributed by atoms with E-state index in [-0.39, 0.29) is 0 Å². The summed E-state index contributed by atoms with van der Waals surface area (Å²) in [5, 5.41) is 9.57. The summed E-state index contributed by atoms with van der Waals surface area (Å²) in [7, 11) is 0. The Morgan fingerprint density at radius 2 is 2.30 bits per heavy atom. The molecule has 0 aliphatic heterocycles. The predicted molar refractivity (Wildman–Crippen MR) is 42.8 cm³/mol. The van der Waals surface area contributed by atoms with E-state index >= 15 is 0 Å². The van der Waals surface area contributed by atoms with Gasteiger partial charge in [0.1, 0.15) is 0 Å². The average Bonchev–Trinajstić information content (AvgIpc) is 2.10. The van der Waals surface area contributed by atoms with E-state index in [1.165, 1.54) is 5.57 Å². The molecule has 0 amide bonds. The molecule has 0 spiro atoms. The lowest BCUT2D eigenvalue weighted by Gasteiger charge is -2.15. The van der Waals surface area contributed by atoms with Gasteiger partial charge in [0.15, 0.2) is 0 Å². The van der Waals surface area contributed by atoms with Crippen LogP contribution in [0.3, 0.4) is 0 Å². The molecule has 1 fully saturated rings. The Hall–Kier alpha value is -0.300. The summed E-state index contributed by atoms with van der Waals surface area (Å²) < 4.78 is 0. The molecule has 0 aromatic rings. The molecule has 1 nitrogen and oxygen atoms in total. The number of rotatable bonds is 1. The van der Waals surface area contributed by atoms with Crippen molar-refractivity contribution in [1.29, 1.82) is 0 Å². The largest absolute Gasteiger partial charge is 0.390 e. The first-order chi connectivity index (χ1) is 4.51. The van der Waals surface area contributed by atoms with Gasteiger partial charge in [0.2, 0.25) is 0 Å². The molecule has 2 atom stereocenters. The summed E-state index contributed by atoms with van der Waals surface area (Å²) >= 11 is 0. The lowest BCUT2D eigenvalue weighted by atomic mass is 9.98. The van der Waals surface area contributed by atoms with Crippen LogP contribution in [-0.4, -0.2) is 10.7 Å². The van der Waals surface area contributed by atoms with Gasteiger partial charge in [-0.2, -0.15) is 0 Å². The van der Waals surface area contributed by atoms with Gasteiger partial charge in [-0.1, -0.05) is 12.2 Å². The molecule has 1 aliphatic carbocycles. The first-order valence-electron chi connectivity index (χ1n) is 3.89. The Morgan fingerprint density at radius 3 is 2.50 bits per heavy atom. The van der Waals surface area contributed by atoms with Crippen LogP contribution in [0.15, 0.2) is 12.2 Å². The Labute approximate surface area is 62.8 Å². The van der Waals surface area contributed by atoms with Crippen LogP contribution in [0.5, 0.6) is 0 Å². The highest BCUT2D eigenvalue weighted by Gasteiger charge is 2.32. The monoisotopic (exact) mass is 140 g/mol. The molecule has 0 aromatic heterocycles. The molecule has 10 heavy (non-hydrogen) atoms. The highest BCUT2D eigenvalue weighted by atomic mass is 16.3. The van der Waals surface area contributed by atoms with Crippen LogP contribution in [0.2, 0.25) is 0 Å². The summed E-state index contributed by atoms with van der Waals surface area (Å²) in [6.07, 6.45) is 2.95. The van der Waals surface area contributed by atoms with Crippen molar-refractivity contribution in [3.63, 3.8) is 0 Å². The Kier molecular flexibility index (Phi) is 1.86. The minimum atomic E-state index is -0.413. The van der Waals surface area contributed by atoms with Gasteiger partial charge in [-0.15, -0.1) is 0 Å². The maximum atomic E-state index is 9.57. The van der Waals surface area contributed by atoms with E-state index in [2.05, 4.69) is 6.58 Å². The minimum Gasteiger partial charge on any atom is -0.390 e. The van der Waals surface area contributed by atoms with Crippen molar-refractivity contribution in [2.75, 3.05) is 0 Å². The first-order valence-corrected chi connectivity index (χ1v) is 3.89. The molecule has 1 aliphatic rings. The summed E-state index contributed by atoms with van der Waals surface area (Å²) in [4.78, 5) is 0. The van der Waals surface area contributed by atoms with Crippen molar-refractivity contribution in [3.8, 4) is 0 Å². The van der Waals surface area contributed by atoms with Crippen molar-refractivity contribution in [1.82, 2.24) is 0 Å². The molecule has 2 unspecified atom stereocenters. The Bertz CT molecular complexity index is 147. The van der Waals surface area contributed by atoms with Crippen molar-refractivity contribution in [2.45, 2.75) is 38.7 Å². The fourth-order valence-electron chi connectivity index (χ4n) is 1.64. The van der Waals surface area contributed by atoms with Crippen molar-refractivity contribution < 1.29 is 5.11 Å². The summed E-state index contributed by atoms with van der Waals surface area (Å²) in [5.41, 5.74) is 0.807. The number of hydrogen-bond donors (Lipinski definition) is 1. The predicted octanol–water partition coefficient (Wildman–Crippen LogP) is 2.11. The van der Waals surface area contributed by atoms with Crippen LogP contribution in [-0.2, 0) is 0 Å². The Balaban J connectivity index is 2.51. The van der Waals surface area contributed by atoms with Gasteiger partial charge >= 0.3 is 0 Å². The smallest absolute Gasteiger partial charge is 0.0625 e. The average molecular weight is 140 g/mol. The molecular weight excluding hydrogens is 124 g/mol. The molecule has 1 rings (SSSR count). The number of hydrogen-bond acceptors (Lipinski definition) is 1. The molecule has 0 heterocycles. The SMILES string of the molecule is C=C(C)C1CCC(C)(O)C1. The van der Waals surface area contributed by atoms with E-state index in [4.69, 9.17) is 0 Å². The lowest BCUT2D eigenvalue weighted by Crippen LogP contribution is -2.18. The van der Waals surface area contributed by atoms with Crippen molar-refractivity contribution >= 4 is 0 Å². The molecule has 1 heteroatoms. The highest BCUT2D eigenvalue weighted by Crippen LogP contribution is 2.37. The van der Waals surface area contributed by atoms with Crippen molar-refractivity contribution in [2.24, 2.45) is 5.92 Å². The minimum absolute atomic E-state index is 0.413. The van der Waals surface area contributed by atoms with Crippen LogP contribution in [0.25, 0.3) is 0 Å².